The molecule has 1 aliphatic heterocycles. The normalized spacial score (nSPS) is 27.8. The van der Waals surface area contributed by atoms with Gasteiger partial charge in [-0.05, 0) is 6.42 Å². The van der Waals surface area contributed by atoms with E-state index in [2.05, 4.69) is 5.32 Å². The molecule has 2 amide bonds. The zero-order valence-corrected chi connectivity index (χ0v) is 7.40. The third-order valence-electron chi connectivity index (χ3n) is 1.54. The number of hydrogen-bond donors (Lipinski definition) is 1. The minimum absolute atomic E-state index is 0.0314. The monoisotopic (exact) mass is 173 g/mol. The van der Waals surface area contributed by atoms with Gasteiger partial charge in [0, 0.05) is 12.2 Å². The van der Waals surface area contributed by atoms with E-state index in [1.807, 2.05) is 6.92 Å². The van der Waals surface area contributed by atoms with Crippen molar-refractivity contribution in [3.63, 3.8) is 0 Å². The molecule has 0 bridgehead atoms. The fourth-order valence-electron chi connectivity index (χ4n) is 0.929. The second-order valence-corrected chi connectivity index (χ2v) is 3.93. The first-order chi connectivity index (χ1) is 5.15. The molecule has 1 heterocycles. The van der Waals surface area contributed by atoms with Crippen LogP contribution in [0.15, 0.2) is 0 Å². The first kappa shape index (κ1) is 8.59. The maximum Gasteiger partial charge on any atom is 0.240 e. The van der Waals surface area contributed by atoms with Crippen molar-refractivity contribution >= 4 is 23.6 Å². The molecule has 1 rings (SSSR count). The van der Waals surface area contributed by atoms with Crippen LogP contribution in [0.2, 0.25) is 0 Å². The minimum atomic E-state index is -0.266. The van der Waals surface area contributed by atoms with E-state index in [9.17, 15) is 9.59 Å². The summed E-state index contributed by atoms with van der Waals surface area (Å²) in [5, 5.41) is 2.74. The maximum absolute atomic E-state index is 11.0. The van der Waals surface area contributed by atoms with Gasteiger partial charge in [-0.1, -0.05) is 6.92 Å². The Labute approximate surface area is 69.9 Å². The van der Waals surface area contributed by atoms with Crippen LogP contribution in [0.25, 0.3) is 0 Å². The highest BCUT2D eigenvalue weighted by Crippen LogP contribution is 2.43. The van der Waals surface area contributed by atoms with Gasteiger partial charge in [-0.15, -0.1) is 11.8 Å². The SMILES string of the molecule is CCC1SC1C(=O)NC(C)=O. The highest BCUT2D eigenvalue weighted by molar-refractivity contribution is 8.08. The van der Waals surface area contributed by atoms with E-state index in [0.29, 0.717) is 5.25 Å². The molecular formula is C7H11NO2S. The number of amides is 2. The van der Waals surface area contributed by atoms with Crippen molar-refractivity contribution in [3.05, 3.63) is 0 Å². The lowest BCUT2D eigenvalue weighted by Gasteiger charge is -1.95. The molecule has 0 spiro atoms. The zero-order chi connectivity index (χ0) is 8.43. The third kappa shape index (κ3) is 2.22. The van der Waals surface area contributed by atoms with Crippen LogP contribution in [0.5, 0.6) is 0 Å². The standard InChI is InChI=1S/C7H11NO2S/c1-3-5-6(11-5)7(10)8-4(2)9/h5-6H,3H2,1-2H3,(H,8,9,10). The van der Waals surface area contributed by atoms with Gasteiger partial charge in [0.15, 0.2) is 0 Å². The van der Waals surface area contributed by atoms with Gasteiger partial charge < -0.3 is 0 Å². The second-order valence-electron chi connectivity index (χ2n) is 2.55. The molecule has 4 heteroatoms. The van der Waals surface area contributed by atoms with E-state index in [4.69, 9.17) is 0 Å². The van der Waals surface area contributed by atoms with Crippen molar-refractivity contribution in [3.8, 4) is 0 Å². The number of rotatable bonds is 2. The van der Waals surface area contributed by atoms with E-state index in [0.717, 1.165) is 6.42 Å². The Morgan fingerprint density at radius 2 is 2.18 bits per heavy atom. The summed E-state index contributed by atoms with van der Waals surface area (Å²) in [6.45, 7) is 3.39. The number of imide groups is 1. The van der Waals surface area contributed by atoms with Gasteiger partial charge in [-0.3, -0.25) is 14.9 Å². The van der Waals surface area contributed by atoms with Crippen LogP contribution < -0.4 is 5.32 Å². The molecule has 0 aromatic carbocycles. The van der Waals surface area contributed by atoms with Gasteiger partial charge in [0.1, 0.15) is 0 Å². The van der Waals surface area contributed by atoms with Crippen molar-refractivity contribution < 1.29 is 9.59 Å². The van der Waals surface area contributed by atoms with Gasteiger partial charge >= 0.3 is 0 Å². The summed E-state index contributed by atoms with van der Waals surface area (Å²) < 4.78 is 0. The Kier molecular flexibility index (Phi) is 2.54. The summed E-state index contributed by atoms with van der Waals surface area (Å²) in [6, 6.07) is 0. The van der Waals surface area contributed by atoms with Gasteiger partial charge in [-0.25, -0.2) is 0 Å². The Morgan fingerprint density at radius 3 is 2.55 bits per heavy atom. The molecule has 2 atom stereocenters. The Bertz CT molecular complexity index is 193. The Balaban J connectivity index is 2.28. The van der Waals surface area contributed by atoms with Gasteiger partial charge in [-0.2, -0.15) is 0 Å². The van der Waals surface area contributed by atoms with Gasteiger partial charge in [0.05, 0.1) is 5.25 Å². The molecular weight excluding hydrogens is 162 g/mol. The van der Waals surface area contributed by atoms with Crippen molar-refractivity contribution in [1.29, 1.82) is 0 Å². The average Bonchev–Trinajstić information content (AvgIpc) is 2.63. The average molecular weight is 173 g/mol. The predicted octanol–water partition coefficient (Wildman–Crippen LogP) is 0.543. The first-order valence-electron chi connectivity index (χ1n) is 3.62. The largest absolute Gasteiger partial charge is 0.296 e. The molecule has 2 unspecified atom stereocenters. The summed E-state index contributed by atoms with van der Waals surface area (Å²) >= 11 is 1.62. The summed E-state index contributed by atoms with van der Waals surface area (Å²) in [4.78, 5) is 21.5. The summed E-state index contributed by atoms with van der Waals surface area (Å²) in [6.07, 6.45) is 1.00. The zero-order valence-electron chi connectivity index (χ0n) is 6.59. The summed E-state index contributed by atoms with van der Waals surface area (Å²) in [7, 11) is 0. The molecule has 0 saturated carbocycles. The van der Waals surface area contributed by atoms with Crippen molar-refractivity contribution in [2.45, 2.75) is 30.8 Å². The molecule has 0 aromatic heterocycles. The second kappa shape index (κ2) is 3.26. The van der Waals surface area contributed by atoms with Crippen LogP contribution in [0.1, 0.15) is 20.3 Å². The minimum Gasteiger partial charge on any atom is -0.296 e. The van der Waals surface area contributed by atoms with E-state index in [1.54, 1.807) is 11.8 Å². The third-order valence-corrected chi connectivity index (χ3v) is 3.02. The quantitative estimate of drug-likeness (QED) is 0.620. The van der Waals surface area contributed by atoms with E-state index >= 15 is 0 Å². The van der Waals surface area contributed by atoms with Crippen molar-refractivity contribution in [2.24, 2.45) is 0 Å². The van der Waals surface area contributed by atoms with Crippen molar-refractivity contribution in [2.75, 3.05) is 0 Å². The predicted molar refractivity (Wildman–Crippen MR) is 44.3 cm³/mol. The molecule has 0 radical (unpaired) electrons. The molecule has 3 nitrogen and oxygen atoms in total. The van der Waals surface area contributed by atoms with Gasteiger partial charge in [0.25, 0.3) is 0 Å². The Hall–Kier alpha value is -0.510. The number of nitrogens with one attached hydrogen (secondary N) is 1. The van der Waals surface area contributed by atoms with E-state index < -0.39 is 0 Å². The molecule has 1 fully saturated rings. The van der Waals surface area contributed by atoms with Crippen LogP contribution in [0.3, 0.4) is 0 Å². The topological polar surface area (TPSA) is 46.2 Å². The lowest BCUT2D eigenvalue weighted by Crippen LogP contribution is -2.32. The maximum atomic E-state index is 11.0. The number of carbonyl (C=O) groups is 2. The molecule has 62 valence electrons. The van der Waals surface area contributed by atoms with Crippen LogP contribution in [-0.4, -0.2) is 22.3 Å². The molecule has 11 heavy (non-hydrogen) atoms. The van der Waals surface area contributed by atoms with Crippen LogP contribution in [0.4, 0.5) is 0 Å². The number of thioether (sulfide) groups is 1. The summed E-state index contributed by atoms with van der Waals surface area (Å²) in [5.41, 5.74) is 0. The van der Waals surface area contributed by atoms with Crippen LogP contribution in [-0.2, 0) is 9.59 Å². The fraction of sp³-hybridized carbons (Fsp3) is 0.714. The number of carbonyl (C=O) groups excluding carboxylic acids is 2. The van der Waals surface area contributed by atoms with Gasteiger partial charge in [0.2, 0.25) is 11.8 Å². The van der Waals surface area contributed by atoms with Crippen molar-refractivity contribution in [1.82, 2.24) is 5.32 Å². The molecule has 1 aliphatic rings. The summed E-state index contributed by atoms with van der Waals surface area (Å²) in [5.74, 6) is -0.397. The Morgan fingerprint density at radius 1 is 1.55 bits per heavy atom. The highest BCUT2D eigenvalue weighted by atomic mass is 32.2. The smallest absolute Gasteiger partial charge is 0.240 e. The highest BCUT2D eigenvalue weighted by Gasteiger charge is 2.42. The lowest BCUT2D eigenvalue weighted by molar-refractivity contribution is -0.128. The molecule has 0 aliphatic carbocycles. The number of hydrogen-bond acceptors (Lipinski definition) is 3. The first-order valence-corrected chi connectivity index (χ1v) is 4.56. The van der Waals surface area contributed by atoms with E-state index in [1.165, 1.54) is 6.92 Å². The molecule has 0 aromatic rings. The van der Waals surface area contributed by atoms with Crippen LogP contribution in [0, 0.1) is 0 Å². The molecule has 1 N–H and O–H groups in total. The van der Waals surface area contributed by atoms with E-state index in [-0.39, 0.29) is 17.1 Å². The molecule has 1 saturated heterocycles. The lowest BCUT2D eigenvalue weighted by atomic mass is 10.2. The van der Waals surface area contributed by atoms with Crippen LogP contribution >= 0.6 is 11.8 Å². The fourth-order valence-corrected chi connectivity index (χ4v) is 1.91.